The topological polar surface area (TPSA) is 60.2 Å². The second kappa shape index (κ2) is 4.76. The van der Waals surface area contributed by atoms with E-state index in [-0.39, 0.29) is 6.61 Å². The molecule has 0 aliphatic heterocycles. The lowest BCUT2D eigenvalue weighted by Crippen LogP contribution is -2.06. The smallest absolute Gasteiger partial charge is 0.218 e. The summed E-state index contributed by atoms with van der Waals surface area (Å²) in [5.41, 5.74) is 0.956. The van der Waals surface area contributed by atoms with Crippen molar-refractivity contribution < 1.29 is 9.84 Å². The molecule has 2 rings (SSSR count). The van der Waals surface area contributed by atoms with Crippen LogP contribution in [0.15, 0.2) is 30.7 Å². The molecule has 0 radical (unpaired) electrons. The average molecular weight is 219 g/mol. The Morgan fingerprint density at radius 1 is 1.38 bits per heavy atom. The van der Waals surface area contributed by atoms with E-state index in [4.69, 9.17) is 9.84 Å². The molecular weight excluding hydrogens is 206 g/mol. The van der Waals surface area contributed by atoms with Crippen molar-refractivity contribution in [2.45, 2.75) is 13.2 Å². The first-order valence-electron chi connectivity index (χ1n) is 4.94. The first-order valence-corrected chi connectivity index (χ1v) is 4.94. The second-order valence-corrected chi connectivity index (χ2v) is 3.30. The van der Waals surface area contributed by atoms with Gasteiger partial charge in [-0.05, 0) is 6.07 Å². The number of aliphatic hydroxyl groups is 1. The van der Waals surface area contributed by atoms with Crippen molar-refractivity contribution in [3.8, 4) is 5.88 Å². The zero-order chi connectivity index (χ0) is 11.4. The molecule has 2 heterocycles. The van der Waals surface area contributed by atoms with Gasteiger partial charge in [0, 0.05) is 24.2 Å². The molecule has 1 N–H and O–H groups in total. The molecule has 5 nitrogen and oxygen atoms in total. The minimum atomic E-state index is -0.0738. The van der Waals surface area contributed by atoms with E-state index < -0.39 is 0 Å². The maximum atomic E-state index is 9.08. The van der Waals surface area contributed by atoms with Crippen molar-refractivity contribution >= 4 is 0 Å². The molecule has 0 aliphatic carbocycles. The van der Waals surface area contributed by atoms with Crippen LogP contribution in [0.3, 0.4) is 0 Å². The van der Waals surface area contributed by atoms with Crippen LogP contribution < -0.4 is 4.74 Å². The molecule has 5 heteroatoms. The van der Waals surface area contributed by atoms with Gasteiger partial charge in [-0.25, -0.2) is 9.97 Å². The third-order valence-electron chi connectivity index (χ3n) is 2.33. The molecule has 0 unspecified atom stereocenters. The third kappa shape index (κ3) is 2.04. The predicted molar refractivity (Wildman–Crippen MR) is 58.0 cm³/mol. The van der Waals surface area contributed by atoms with Crippen LogP contribution in [0.2, 0.25) is 0 Å². The molecule has 0 atom stereocenters. The van der Waals surface area contributed by atoms with Crippen LogP contribution in [0, 0.1) is 0 Å². The van der Waals surface area contributed by atoms with Gasteiger partial charge in [-0.15, -0.1) is 0 Å². The summed E-state index contributed by atoms with van der Waals surface area (Å²) in [6.07, 6.45) is 5.16. The largest absolute Gasteiger partial charge is 0.481 e. The number of rotatable bonds is 4. The lowest BCUT2D eigenvalue weighted by molar-refractivity contribution is 0.266. The fourth-order valence-corrected chi connectivity index (χ4v) is 1.55. The predicted octanol–water partition coefficient (Wildman–Crippen LogP) is 0.827. The van der Waals surface area contributed by atoms with Gasteiger partial charge in [-0.1, -0.05) is 6.07 Å². The number of nitrogens with zero attached hydrogens (tertiary/aromatic N) is 3. The van der Waals surface area contributed by atoms with Gasteiger partial charge in [0.2, 0.25) is 5.88 Å². The summed E-state index contributed by atoms with van der Waals surface area (Å²) < 4.78 is 7.02. The first kappa shape index (κ1) is 10.6. The van der Waals surface area contributed by atoms with E-state index in [0.29, 0.717) is 18.2 Å². The van der Waals surface area contributed by atoms with Crippen molar-refractivity contribution in [2.24, 2.45) is 0 Å². The maximum absolute atomic E-state index is 9.08. The normalized spacial score (nSPS) is 10.4. The van der Waals surface area contributed by atoms with Crippen LogP contribution in [0.1, 0.15) is 11.4 Å². The highest BCUT2D eigenvalue weighted by Gasteiger charge is 2.06. The molecule has 0 bridgehead atoms. The standard InChI is InChI=1S/C11H13N3O2/c1-16-11-9(3-2-4-13-11)7-14-6-5-12-10(14)8-15/h2-6,15H,7-8H2,1H3. The molecule has 84 valence electrons. The monoisotopic (exact) mass is 219 g/mol. The van der Waals surface area contributed by atoms with Gasteiger partial charge in [-0.3, -0.25) is 0 Å². The Balaban J connectivity index is 2.26. The number of pyridine rings is 1. The van der Waals surface area contributed by atoms with Gasteiger partial charge in [-0.2, -0.15) is 0 Å². The fourth-order valence-electron chi connectivity index (χ4n) is 1.55. The lowest BCUT2D eigenvalue weighted by atomic mass is 10.2. The minimum Gasteiger partial charge on any atom is -0.481 e. The molecular formula is C11H13N3O2. The van der Waals surface area contributed by atoms with E-state index in [0.717, 1.165) is 5.56 Å². The molecule has 0 saturated carbocycles. The Kier molecular flexibility index (Phi) is 3.16. The van der Waals surface area contributed by atoms with E-state index in [9.17, 15) is 0 Å². The Labute approximate surface area is 93.3 Å². The van der Waals surface area contributed by atoms with Crippen LogP contribution in [0.4, 0.5) is 0 Å². The quantitative estimate of drug-likeness (QED) is 0.827. The summed E-state index contributed by atoms with van der Waals surface area (Å²) in [5, 5.41) is 9.08. The second-order valence-electron chi connectivity index (χ2n) is 3.30. The van der Waals surface area contributed by atoms with Crippen molar-refractivity contribution in [2.75, 3.05) is 7.11 Å². The van der Waals surface area contributed by atoms with Gasteiger partial charge in [0.05, 0.1) is 13.7 Å². The maximum Gasteiger partial charge on any atom is 0.218 e. The molecule has 16 heavy (non-hydrogen) atoms. The van der Waals surface area contributed by atoms with Gasteiger partial charge in [0.25, 0.3) is 0 Å². The van der Waals surface area contributed by atoms with Crippen LogP contribution in [0.25, 0.3) is 0 Å². The average Bonchev–Trinajstić information content (AvgIpc) is 2.77. The zero-order valence-electron chi connectivity index (χ0n) is 9.00. The molecule has 2 aromatic rings. The van der Waals surface area contributed by atoms with Crippen LogP contribution in [-0.4, -0.2) is 26.8 Å². The molecule has 0 aromatic carbocycles. The Bertz CT molecular complexity index is 468. The molecule has 2 aromatic heterocycles. The first-order chi connectivity index (χ1) is 7.85. The molecule has 0 amide bonds. The molecule has 0 fully saturated rings. The number of hydrogen-bond donors (Lipinski definition) is 1. The number of aliphatic hydroxyl groups excluding tert-OH is 1. The number of ether oxygens (including phenoxy) is 1. The van der Waals surface area contributed by atoms with Gasteiger partial charge in [0.1, 0.15) is 12.4 Å². The van der Waals surface area contributed by atoms with Gasteiger partial charge in [0.15, 0.2) is 0 Å². The van der Waals surface area contributed by atoms with E-state index in [1.165, 1.54) is 0 Å². The molecule has 0 aliphatic rings. The van der Waals surface area contributed by atoms with Crippen molar-refractivity contribution in [1.82, 2.24) is 14.5 Å². The van der Waals surface area contributed by atoms with Crippen LogP contribution in [-0.2, 0) is 13.2 Å². The third-order valence-corrected chi connectivity index (χ3v) is 2.33. The Morgan fingerprint density at radius 2 is 2.25 bits per heavy atom. The number of imidazole rings is 1. The van der Waals surface area contributed by atoms with E-state index in [1.54, 1.807) is 19.5 Å². The fraction of sp³-hybridized carbons (Fsp3) is 0.273. The van der Waals surface area contributed by atoms with E-state index in [2.05, 4.69) is 9.97 Å². The highest BCUT2D eigenvalue weighted by Crippen LogP contribution is 2.15. The summed E-state index contributed by atoms with van der Waals surface area (Å²) in [5.74, 6) is 1.23. The molecule has 0 spiro atoms. The minimum absolute atomic E-state index is 0.0738. The van der Waals surface area contributed by atoms with Gasteiger partial charge < -0.3 is 14.4 Å². The Hall–Kier alpha value is -1.88. The Morgan fingerprint density at radius 3 is 3.00 bits per heavy atom. The SMILES string of the molecule is COc1ncccc1Cn1ccnc1CO. The molecule has 0 saturated heterocycles. The van der Waals surface area contributed by atoms with Gasteiger partial charge >= 0.3 is 0 Å². The highest BCUT2D eigenvalue weighted by atomic mass is 16.5. The van der Waals surface area contributed by atoms with Crippen LogP contribution in [0.5, 0.6) is 5.88 Å². The summed E-state index contributed by atoms with van der Waals surface area (Å²) >= 11 is 0. The summed E-state index contributed by atoms with van der Waals surface area (Å²) in [6.45, 7) is 0.516. The van der Waals surface area contributed by atoms with E-state index >= 15 is 0 Å². The van der Waals surface area contributed by atoms with Crippen molar-refractivity contribution in [3.05, 3.63) is 42.1 Å². The van der Waals surface area contributed by atoms with Crippen molar-refractivity contribution in [1.29, 1.82) is 0 Å². The number of hydrogen-bond acceptors (Lipinski definition) is 4. The summed E-state index contributed by atoms with van der Waals surface area (Å²) in [4.78, 5) is 8.15. The number of methoxy groups -OCH3 is 1. The van der Waals surface area contributed by atoms with Crippen molar-refractivity contribution in [3.63, 3.8) is 0 Å². The lowest BCUT2D eigenvalue weighted by Gasteiger charge is -2.09. The highest BCUT2D eigenvalue weighted by molar-refractivity contribution is 5.25. The number of aromatic nitrogens is 3. The summed E-state index contributed by atoms with van der Waals surface area (Å²) in [7, 11) is 1.59. The zero-order valence-corrected chi connectivity index (χ0v) is 9.00. The van der Waals surface area contributed by atoms with E-state index in [1.807, 2.05) is 22.9 Å². The van der Waals surface area contributed by atoms with Crippen LogP contribution >= 0.6 is 0 Å². The summed E-state index contributed by atoms with van der Waals surface area (Å²) in [6, 6.07) is 3.79.